The van der Waals surface area contributed by atoms with Crippen molar-refractivity contribution in [1.82, 2.24) is 5.32 Å². The summed E-state index contributed by atoms with van der Waals surface area (Å²) in [7, 11) is 0. The van der Waals surface area contributed by atoms with Crippen LogP contribution >= 0.6 is 0 Å². The highest BCUT2D eigenvalue weighted by Gasteiger charge is 2.15. The number of rotatable bonds is 4. The molecule has 0 aromatic rings. The Morgan fingerprint density at radius 2 is 2.00 bits per heavy atom. The minimum atomic E-state index is 0.0346. The molecule has 0 aromatic heterocycles. The third kappa shape index (κ3) is 6.58. The van der Waals surface area contributed by atoms with Crippen LogP contribution in [0.5, 0.6) is 0 Å². The third-order valence-corrected chi connectivity index (χ3v) is 1.84. The number of amides is 1. The maximum absolute atomic E-state index is 11.4. The Bertz CT molecular complexity index is 161. The van der Waals surface area contributed by atoms with Gasteiger partial charge in [0, 0.05) is 12.5 Å². The molecule has 1 amide bonds. The van der Waals surface area contributed by atoms with Gasteiger partial charge >= 0.3 is 0 Å². The first-order valence-corrected chi connectivity index (χ1v) is 4.84. The van der Waals surface area contributed by atoms with Crippen molar-refractivity contribution >= 4 is 5.91 Å². The quantitative estimate of drug-likeness (QED) is 0.691. The van der Waals surface area contributed by atoms with Crippen molar-refractivity contribution in [3.05, 3.63) is 0 Å². The molecule has 1 atom stereocenters. The van der Waals surface area contributed by atoms with Gasteiger partial charge in [0.25, 0.3) is 0 Å². The highest BCUT2D eigenvalue weighted by Crippen LogP contribution is 2.11. The fourth-order valence-corrected chi connectivity index (χ4v) is 0.908. The van der Waals surface area contributed by atoms with Crippen molar-refractivity contribution in [3.63, 3.8) is 0 Å². The van der Waals surface area contributed by atoms with Crippen LogP contribution < -0.4 is 11.1 Å². The predicted molar refractivity (Wildman–Crippen MR) is 55.3 cm³/mol. The fourth-order valence-electron chi connectivity index (χ4n) is 0.908. The van der Waals surface area contributed by atoms with E-state index in [9.17, 15) is 4.79 Å². The molecule has 1 unspecified atom stereocenters. The molecule has 0 heterocycles. The van der Waals surface area contributed by atoms with Crippen LogP contribution in [-0.4, -0.2) is 19.0 Å². The minimum Gasteiger partial charge on any atom is -0.355 e. The van der Waals surface area contributed by atoms with Crippen LogP contribution in [0, 0.1) is 11.3 Å². The Kier molecular flexibility index (Phi) is 4.99. The number of hydrogen-bond acceptors (Lipinski definition) is 2. The summed E-state index contributed by atoms with van der Waals surface area (Å²) in [4.78, 5) is 11.4. The summed E-state index contributed by atoms with van der Waals surface area (Å²) in [5.41, 5.74) is 5.52. The molecule has 0 aliphatic heterocycles. The van der Waals surface area contributed by atoms with E-state index in [1.54, 1.807) is 0 Å². The van der Waals surface area contributed by atoms with Crippen LogP contribution in [0.3, 0.4) is 0 Å². The standard InChI is InChI=1S/C10H22N2O/c1-8(5-6-11)9(13)12-7-10(2,3)4/h8H,5-7,11H2,1-4H3,(H,12,13). The molecule has 0 radical (unpaired) electrons. The Labute approximate surface area is 81.1 Å². The molecule has 0 aromatic carbocycles. The van der Waals surface area contributed by atoms with E-state index in [1.165, 1.54) is 0 Å². The van der Waals surface area contributed by atoms with Crippen molar-refractivity contribution in [3.8, 4) is 0 Å². The Balaban J connectivity index is 3.74. The summed E-state index contributed by atoms with van der Waals surface area (Å²) < 4.78 is 0. The van der Waals surface area contributed by atoms with E-state index in [2.05, 4.69) is 26.1 Å². The Morgan fingerprint density at radius 3 is 2.38 bits per heavy atom. The van der Waals surface area contributed by atoms with Gasteiger partial charge in [0.1, 0.15) is 0 Å². The van der Waals surface area contributed by atoms with E-state index >= 15 is 0 Å². The second-order valence-electron chi connectivity index (χ2n) is 4.76. The second kappa shape index (κ2) is 5.22. The molecule has 0 rings (SSSR count). The lowest BCUT2D eigenvalue weighted by Gasteiger charge is -2.20. The molecule has 0 aliphatic rings. The van der Waals surface area contributed by atoms with Gasteiger partial charge in [-0.3, -0.25) is 4.79 Å². The first-order chi connectivity index (χ1) is 5.87. The van der Waals surface area contributed by atoms with Gasteiger partial charge < -0.3 is 11.1 Å². The average molecular weight is 186 g/mol. The number of nitrogens with one attached hydrogen (secondary N) is 1. The normalized spacial score (nSPS) is 13.9. The molecule has 0 bridgehead atoms. The zero-order chi connectivity index (χ0) is 10.5. The molecular formula is C10H22N2O. The maximum Gasteiger partial charge on any atom is 0.222 e. The van der Waals surface area contributed by atoms with Crippen LogP contribution in [-0.2, 0) is 4.79 Å². The lowest BCUT2D eigenvalue weighted by molar-refractivity contribution is -0.125. The van der Waals surface area contributed by atoms with Crippen LogP contribution in [0.2, 0.25) is 0 Å². The van der Waals surface area contributed by atoms with Gasteiger partial charge in [0.2, 0.25) is 5.91 Å². The molecule has 0 fully saturated rings. The summed E-state index contributed by atoms with van der Waals surface area (Å²) in [6, 6.07) is 0. The van der Waals surface area contributed by atoms with E-state index in [0.29, 0.717) is 6.54 Å². The first-order valence-electron chi connectivity index (χ1n) is 4.84. The van der Waals surface area contributed by atoms with Crippen LogP contribution in [0.4, 0.5) is 0 Å². The van der Waals surface area contributed by atoms with Gasteiger partial charge in [-0.05, 0) is 18.4 Å². The number of carbonyl (C=O) groups excluding carboxylic acids is 1. The van der Waals surface area contributed by atoms with Gasteiger partial charge in [-0.25, -0.2) is 0 Å². The van der Waals surface area contributed by atoms with Gasteiger partial charge in [0.05, 0.1) is 0 Å². The van der Waals surface area contributed by atoms with Crippen LogP contribution in [0.15, 0.2) is 0 Å². The zero-order valence-electron chi connectivity index (χ0n) is 9.18. The maximum atomic E-state index is 11.4. The number of hydrogen-bond donors (Lipinski definition) is 2. The average Bonchev–Trinajstić information content (AvgIpc) is 1.99. The first kappa shape index (κ1) is 12.4. The molecule has 0 saturated heterocycles. The molecular weight excluding hydrogens is 164 g/mol. The Hall–Kier alpha value is -0.570. The lowest BCUT2D eigenvalue weighted by atomic mass is 9.96. The van der Waals surface area contributed by atoms with Crippen molar-refractivity contribution in [1.29, 1.82) is 0 Å². The molecule has 0 aliphatic carbocycles. The monoisotopic (exact) mass is 186 g/mol. The van der Waals surface area contributed by atoms with E-state index in [-0.39, 0.29) is 17.2 Å². The van der Waals surface area contributed by atoms with Crippen LogP contribution in [0.1, 0.15) is 34.1 Å². The van der Waals surface area contributed by atoms with Crippen LogP contribution in [0.25, 0.3) is 0 Å². The predicted octanol–water partition coefficient (Wildman–Crippen LogP) is 1.13. The van der Waals surface area contributed by atoms with Crippen molar-refractivity contribution in [2.75, 3.05) is 13.1 Å². The third-order valence-electron chi connectivity index (χ3n) is 1.84. The molecule has 0 saturated carbocycles. The van der Waals surface area contributed by atoms with E-state index in [0.717, 1.165) is 13.0 Å². The summed E-state index contributed by atoms with van der Waals surface area (Å²) in [6.45, 7) is 9.50. The van der Waals surface area contributed by atoms with Gasteiger partial charge in [0.15, 0.2) is 0 Å². The molecule has 3 N–H and O–H groups in total. The largest absolute Gasteiger partial charge is 0.355 e. The molecule has 3 nitrogen and oxygen atoms in total. The van der Waals surface area contributed by atoms with E-state index in [4.69, 9.17) is 5.73 Å². The summed E-state index contributed by atoms with van der Waals surface area (Å²) in [5, 5.41) is 2.91. The fraction of sp³-hybridized carbons (Fsp3) is 0.900. The van der Waals surface area contributed by atoms with Crippen molar-refractivity contribution in [2.45, 2.75) is 34.1 Å². The highest BCUT2D eigenvalue weighted by molar-refractivity contribution is 5.78. The lowest BCUT2D eigenvalue weighted by Crippen LogP contribution is -2.36. The van der Waals surface area contributed by atoms with Crippen molar-refractivity contribution < 1.29 is 4.79 Å². The van der Waals surface area contributed by atoms with Gasteiger partial charge in [-0.2, -0.15) is 0 Å². The summed E-state index contributed by atoms with van der Waals surface area (Å²) >= 11 is 0. The molecule has 3 heteroatoms. The summed E-state index contributed by atoms with van der Waals surface area (Å²) in [6.07, 6.45) is 0.760. The van der Waals surface area contributed by atoms with Gasteiger partial charge in [-0.1, -0.05) is 27.7 Å². The SMILES string of the molecule is CC(CCN)C(=O)NCC(C)(C)C. The molecule has 0 spiro atoms. The number of carbonyl (C=O) groups is 1. The minimum absolute atomic E-state index is 0.0346. The topological polar surface area (TPSA) is 55.1 Å². The van der Waals surface area contributed by atoms with E-state index < -0.39 is 0 Å². The smallest absolute Gasteiger partial charge is 0.222 e. The zero-order valence-corrected chi connectivity index (χ0v) is 9.18. The van der Waals surface area contributed by atoms with Gasteiger partial charge in [-0.15, -0.1) is 0 Å². The van der Waals surface area contributed by atoms with E-state index in [1.807, 2.05) is 6.92 Å². The van der Waals surface area contributed by atoms with Crippen molar-refractivity contribution in [2.24, 2.45) is 17.1 Å². The Morgan fingerprint density at radius 1 is 1.46 bits per heavy atom. The molecule has 13 heavy (non-hydrogen) atoms. The highest BCUT2D eigenvalue weighted by atomic mass is 16.1. The molecule has 78 valence electrons. The second-order valence-corrected chi connectivity index (χ2v) is 4.76. The summed E-state index contributed by atoms with van der Waals surface area (Å²) in [5.74, 6) is 0.146. The number of nitrogens with two attached hydrogens (primary N) is 1.